The van der Waals surface area contributed by atoms with E-state index >= 15 is 0 Å². The van der Waals surface area contributed by atoms with Gasteiger partial charge >= 0.3 is 0 Å². The number of nitriles is 1. The van der Waals surface area contributed by atoms with Gasteiger partial charge in [0.1, 0.15) is 5.82 Å². The monoisotopic (exact) mass is 445 g/mol. The summed E-state index contributed by atoms with van der Waals surface area (Å²) >= 11 is 6.36. The Morgan fingerprint density at radius 3 is 2.56 bits per heavy atom. The summed E-state index contributed by atoms with van der Waals surface area (Å²) in [4.78, 5) is 37.2. The van der Waals surface area contributed by atoms with Crippen molar-refractivity contribution in [2.75, 3.05) is 5.32 Å². The normalized spacial score (nSPS) is 10.5. The summed E-state index contributed by atoms with van der Waals surface area (Å²) in [5.74, 6) is 0.466. The lowest BCUT2D eigenvalue weighted by atomic mass is 10.1. The standard InChI is InChI=1S/C22H16ClN7O2/c1-13-3-2-4-17(23)16(13)11-18-26-21(25-15-7-5-14(12-24)6-8-15)28-22(27-18)30-20(32)10-9-19(31)29-30/h2-10H,11H2,1H3,(H,29,31)(H,25,26,27,28). The van der Waals surface area contributed by atoms with E-state index in [1.807, 2.05) is 19.1 Å². The van der Waals surface area contributed by atoms with E-state index in [1.54, 1.807) is 30.3 Å². The average molecular weight is 446 g/mol. The molecule has 0 atom stereocenters. The highest BCUT2D eigenvalue weighted by Crippen LogP contribution is 2.22. The van der Waals surface area contributed by atoms with Crippen molar-refractivity contribution in [1.82, 2.24) is 24.7 Å². The lowest BCUT2D eigenvalue weighted by molar-refractivity contribution is 0.719. The fourth-order valence-electron chi connectivity index (χ4n) is 3.02. The molecule has 0 amide bonds. The van der Waals surface area contributed by atoms with Gasteiger partial charge in [-0.15, -0.1) is 0 Å². The first-order chi connectivity index (χ1) is 15.4. The second kappa shape index (κ2) is 8.83. The molecule has 0 aliphatic carbocycles. The summed E-state index contributed by atoms with van der Waals surface area (Å²) in [6.45, 7) is 1.93. The number of hydrogen-bond donors (Lipinski definition) is 2. The maximum atomic E-state index is 12.3. The highest BCUT2D eigenvalue weighted by Gasteiger charge is 2.14. The summed E-state index contributed by atoms with van der Waals surface area (Å²) in [7, 11) is 0. The van der Waals surface area contributed by atoms with Crippen LogP contribution >= 0.6 is 11.6 Å². The minimum atomic E-state index is -0.500. The maximum Gasteiger partial charge on any atom is 0.272 e. The van der Waals surface area contributed by atoms with Gasteiger partial charge in [0.2, 0.25) is 5.95 Å². The van der Waals surface area contributed by atoms with Gasteiger partial charge in [-0.3, -0.25) is 14.7 Å². The van der Waals surface area contributed by atoms with E-state index in [2.05, 4.69) is 31.4 Å². The molecule has 2 heterocycles. The van der Waals surface area contributed by atoms with Crippen LogP contribution in [0.25, 0.3) is 5.95 Å². The molecule has 0 aliphatic rings. The average Bonchev–Trinajstić information content (AvgIpc) is 2.78. The molecule has 0 saturated heterocycles. The highest BCUT2D eigenvalue weighted by molar-refractivity contribution is 6.31. The van der Waals surface area contributed by atoms with E-state index in [0.29, 0.717) is 22.1 Å². The SMILES string of the molecule is Cc1cccc(Cl)c1Cc1nc(Nc2ccc(C#N)cc2)nc(-n2[nH]c(=O)ccc2=O)n1. The van der Waals surface area contributed by atoms with Crippen LogP contribution in [-0.2, 0) is 6.42 Å². The molecule has 10 heteroatoms. The Morgan fingerprint density at radius 2 is 1.84 bits per heavy atom. The number of aryl methyl sites for hydroxylation is 1. The van der Waals surface area contributed by atoms with Gasteiger partial charge in [0, 0.05) is 29.3 Å². The number of nitrogens with one attached hydrogen (secondary N) is 2. The first-order valence-corrected chi connectivity index (χ1v) is 9.89. The summed E-state index contributed by atoms with van der Waals surface area (Å²) < 4.78 is 0.955. The predicted molar refractivity (Wildman–Crippen MR) is 119 cm³/mol. The highest BCUT2D eigenvalue weighted by atomic mass is 35.5. The molecule has 0 bridgehead atoms. The van der Waals surface area contributed by atoms with Crippen LogP contribution in [0.5, 0.6) is 0 Å². The summed E-state index contributed by atoms with van der Waals surface area (Å²) in [5.41, 5.74) is 1.97. The van der Waals surface area contributed by atoms with Crippen molar-refractivity contribution in [3.05, 3.63) is 103 Å². The van der Waals surface area contributed by atoms with Crippen molar-refractivity contribution in [3.8, 4) is 12.0 Å². The lowest BCUT2D eigenvalue weighted by Gasteiger charge is -2.12. The number of halogens is 1. The summed E-state index contributed by atoms with van der Waals surface area (Å²) in [6.07, 6.45) is 0.287. The lowest BCUT2D eigenvalue weighted by Crippen LogP contribution is -2.28. The van der Waals surface area contributed by atoms with E-state index in [-0.39, 0.29) is 18.3 Å². The second-order valence-corrected chi connectivity index (χ2v) is 7.29. The van der Waals surface area contributed by atoms with Crippen LogP contribution in [0.3, 0.4) is 0 Å². The van der Waals surface area contributed by atoms with Crippen molar-refractivity contribution in [2.24, 2.45) is 0 Å². The molecular weight excluding hydrogens is 430 g/mol. The zero-order chi connectivity index (χ0) is 22.7. The number of nitrogens with zero attached hydrogens (tertiary/aromatic N) is 5. The fourth-order valence-corrected chi connectivity index (χ4v) is 3.31. The Labute approximate surface area is 187 Å². The van der Waals surface area contributed by atoms with Crippen LogP contribution in [-0.4, -0.2) is 24.7 Å². The molecule has 32 heavy (non-hydrogen) atoms. The predicted octanol–water partition coefficient (Wildman–Crippen LogP) is 2.88. The number of aromatic nitrogens is 5. The number of anilines is 2. The Balaban J connectivity index is 1.80. The molecule has 0 fully saturated rings. The molecule has 0 aliphatic heterocycles. The molecule has 0 saturated carbocycles. The smallest absolute Gasteiger partial charge is 0.272 e. The molecule has 158 valence electrons. The molecule has 0 radical (unpaired) electrons. The minimum Gasteiger partial charge on any atom is -0.324 e. The van der Waals surface area contributed by atoms with Crippen molar-refractivity contribution >= 4 is 23.2 Å². The molecule has 4 aromatic rings. The largest absolute Gasteiger partial charge is 0.324 e. The van der Waals surface area contributed by atoms with E-state index in [0.717, 1.165) is 27.9 Å². The van der Waals surface area contributed by atoms with Gasteiger partial charge in [-0.05, 0) is 48.4 Å². The van der Waals surface area contributed by atoms with Crippen molar-refractivity contribution in [2.45, 2.75) is 13.3 Å². The Kier molecular flexibility index (Phi) is 5.79. The Bertz CT molecular complexity index is 1430. The van der Waals surface area contributed by atoms with E-state index in [4.69, 9.17) is 16.9 Å². The quantitative estimate of drug-likeness (QED) is 0.483. The van der Waals surface area contributed by atoms with Gasteiger partial charge in [0.15, 0.2) is 0 Å². The Morgan fingerprint density at radius 1 is 1.06 bits per heavy atom. The van der Waals surface area contributed by atoms with E-state index in [9.17, 15) is 9.59 Å². The zero-order valence-corrected chi connectivity index (χ0v) is 17.6. The first-order valence-electron chi connectivity index (χ1n) is 9.52. The van der Waals surface area contributed by atoms with Crippen molar-refractivity contribution < 1.29 is 0 Å². The third-order valence-electron chi connectivity index (χ3n) is 4.65. The molecule has 2 aromatic carbocycles. The zero-order valence-electron chi connectivity index (χ0n) is 16.8. The number of rotatable bonds is 5. The van der Waals surface area contributed by atoms with Gasteiger partial charge in [-0.2, -0.15) is 24.9 Å². The van der Waals surface area contributed by atoms with Crippen LogP contribution in [0, 0.1) is 18.3 Å². The molecule has 0 spiro atoms. The summed E-state index contributed by atoms with van der Waals surface area (Å²) in [6, 6.07) is 16.6. The number of aromatic amines is 1. The minimum absolute atomic E-state index is 0.0430. The van der Waals surface area contributed by atoms with Crippen molar-refractivity contribution in [3.63, 3.8) is 0 Å². The van der Waals surface area contributed by atoms with Crippen molar-refractivity contribution in [1.29, 1.82) is 5.26 Å². The molecule has 0 unspecified atom stereocenters. The van der Waals surface area contributed by atoms with Crippen LogP contribution in [0.1, 0.15) is 22.5 Å². The van der Waals surface area contributed by atoms with Gasteiger partial charge in [0.25, 0.3) is 17.1 Å². The number of H-pyrrole nitrogens is 1. The Hall–Kier alpha value is -4.29. The number of benzene rings is 2. The van der Waals surface area contributed by atoms with Crippen LogP contribution in [0.15, 0.2) is 64.2 Å². The van der Waals surface area contributed by atoms with Gasteiger partial charge < -0.3 is 5.32 Å². The van der Waals surface area contributed by atoms with E-state index in [1.165, 1.54) is 0 Å². The number of hydrogen-bond acceptors (Lipinski definition) is 7. The third kappa shape index (κ3) is 4.55. The molecule has 2 N–H and O–H groups in total. The fraction of sp³-hybridized carbons (Fsp3) is 0.0909. The van der Waals surface area contributed by atoms with E-state index < -0.39 is 11.1 Å². The molecule has 9 nitrogen and oxygen atoms in total. The molecular formula is C22H16ClN7O2. The van der Waals surface area contributed by atoms with Gasteiger partial charge in [-0.1, -0.05) is 23.7 Å². The topological polar surface area (TPSA) is 129 Å². The maximum absolute atomic E-state index is 12.3. The van der Waals surface area contributed by atoms with Crippen LogP contribution < -0.4 is 16.4 Å². The summed E-state index contributed by atoms with van der Waals surface area (Å²) in [5, 5.41) is 15.0. The van der Waals surface area contributed by atoms with Gasteiger partial charge in [-0.25, -0.2) is 0 Å². The van der Waals surface area contributed by atoms with Crippen LogP contribution in [0.2, 0.25) is 5.02 Å². The van der Waals surface area contributed by atoms with Gasteiger partial charge in [0.05, 0.1) is 11.6 Å². The molecule has 4 rings (SSSR count). The third-order valence-corrected chi connectivity index (χ3v) is 5.00. The second-order valence-electron chi connectivity index (χ2n) is 6.88. The molecule has 2 aromatic heterocycles. The first kappa shape index (κ1) is 21.0. The van der Waals surface area contributed by atoms with Crippen LogP contribution in [0.4, 0.5) is 11.6 Å².